The molecule has 6 heteroatoms. The van der Waals surface area contributed by atoms with Crippen LogP contribution in [-0.4, -0.2) is 43.7 Å². The smallest absolute Gasteiger partial charge is 0.414 e. The van der Waals surface area contributed by atoms with E-state index >= 15 is 0 Å². The van der Waals surface area contributed by atoms with Crippen LogP contribution in [0, 0.1) is 5.92 Å². The summed E-state index contributed by atoms with van der Waals surface area (Å²) in [6, 6.07) is 6.25. The molecule has 1 aromatic carbocycles. The molecule has 1 fully saturated rings. The number of benzene rings is 1. The second kappa shape index (κ2) is 7.26. The van der Waals surface area contributed by atoms with Crippen molar-refractivity contribution < 1.29 is 19.1 Å². The SMILES string of the molecule is CN(C)C(=O)Oc1ccc(C[C@H](N)C(=O)OCC2CC2)cc1. The van der Waals surface area contributed by atoms with Gasteiger partial charge in [0.15, 0.2) is 0 Å². The number of carbonyl (C=O) groups excluding carboxylic acids is 2. The maximum absolute atomic E-state index is 11.7. The first-order valence-corrected chi connectivity index (χ1v) is 7.36. The van der Waals surface area contributed by atoms with Crippen molar-refractivity contribution in [2.75, 3.05) is 20.7 Å². The van der Waals surface area contributed by atoms with Gasteiger partial charge in [-0.1, -0.05) is 12.1 Å². The average molecular weight is 306 g/mol. The topological polar surface area (TPSA) is 81.9 Å². The molecule has 0 aliphatic heterocycles. The van der Waals surface area contributed by atoms with Crippen LogP contribution in [0.1, 0.15) is 18.4 Å². The molecule has 1 aromatic rings. The van der Waals surface area contributed by atoms with Gasteiger partial charge in [-0.3, -0.25) is 4.79 Å². The molecule has 6 nitrogen and oxygen atoms in total. The van der Waals surface area contributed by atoms with Crippen molar-refractivity contribution in [3.63, 3.8) is 0 Å². The number of amides is 1. The molecule has 0 heterocycles. The van der Waals surface area contributed by atoms with E-state index < -0.39 is 12.1 Å². The fraction of sp³-hybridized carbons (Fsp3) is 0.500. The number of rotatable bonds is 6. The van der Waals surface area contributed by atoms with Crippen LogP contribution >= 0.6 is 0 Å². The number of nitrogens with zero attached hydrogens (tertiary/aromatic N) is 1. The van der Waals surface area contributed by atoms with Gasteiger partial charge in [-0.15, -0.1) is 0 Å². The third-order valence-electron chi connectivity index (χ3n) is 3.41. The fourth-order valence-electron chi connectivity index (χ4n) is 1.81. The Morgan fingerprint density at radius 1 is 1.27 bits per heavy atom. The molecule has 1 aliphatic rings. The number of hydrogen-bond donors (Lipinski definition) is 1. The van der Waals surface area contributed by atoms with Crippen LogP contribution in [0.5, 0.6) is 5.75 Å². The van der Waals surface area contributed by atoms with Crippen LogP contribution in [0.4, 0.5) is 4.79 Å². The highest BCUT2D eigenvalue weighted by Gasteiger charge is 2.24. The van der Waals surface area contributed by atoms with Crippen LogP contribution in [-0.2, 0) is 16.0 Å². The van der Waals surface area contributed by atoms with E-state index in [9.17, 15) is 9.59 Å². The van der Waals surface area contributed by atoms with E-state index in [1.54, 1.807) is 38.4 Å². The minimum absolute atomic E-state index is 0.366. The molecule has 0 unspecified atom stereocenters. The molecular weight excluding hydrogens is 284 g/mol. The Kier molecular flexibility index (Phi) is 5.38. The van der Waals surface area contributed by atoms with Gasteiger partial charge in [0.2, 0.25) is 0 Å². The van der Waals surface area contributed by atoms with E-state index in [0.29, 0.717) is 24.7 Å². The van der Waals surface area contributed by atoms with Crippen molar-refractivity contribution in [2.45, 2.75) is 25.3 Å². The standard InChI is InChI=1S/C16H22N2O4/c1-18(2)16(20)22-13-7-5-11(6-8-13)9-14(17)15(19)21-10-12-3-4-12/h5-8,12,14H,3-4,9-10,17H2,1-2H3/t14-/m0/s1. The van der Waals surface area contributed by atoms with E-state index in [1.165, 1.54) is 4.90 Å². The van der Waals surface area contributed by atoms with E-state index in [2.05, 4.69) is 0 Å². The molecule has 1 atom stereocenters. The zero-order valence-corrected chi connectivity index (χ0v) is 13.0. The Bertz CT molecular complexity index is 523. The molecule has 2 rings (SSSR count). The highest BCUT2D eigenvalue weighted by atomic mass is 16.6. The minimum atomic E-state index is -0.672. The minimum Gasteiger partial charge on any atom is -0.464 e. The summed E-state index contributed by atoms with van der Waals surface area (Å²) in [5.74, 6) is 0.615. The van der Waals surface area contributed by atoms with Gasteiger partial charge in [-0.05, 0) is 42.9 Å². The molecule has 120 valence electrons. The van der Waals surface area contributed by atoms with Gasteiger partial charge in [-0.25, -0.2) is 4.79 Å². The Balaban J connectivity index is 1.81. The van der Waals surface area contributed by atoms with Gasteiger partial charge in [0, 0.05) is 14.1 Å². The highest BCUT2D eigenvalue weighted by Crippen LogP contribution is 2.28. The first kappa shape index (κ1) is 16.3. The second-order valence-electron chi connectivity index (χ2n) is 5.79. The maximum Gasteiger partial charge on any atom is 0.414 e. The number of carbonyl (C=O) groups is 2. The summed E-state index contributed by atoms with van der Waals surface area (Å²) in [4.78, 5) is 24.5. The molecule has 1 aliphatic carbocycles. The van der Waals surface area contributed by atoms with Gasteiger partial charge in [0.05, 0.1) is 6.61 Å². The van der Waals surface area contributed by atoms with Crippen molar-refractivity contribution in [3.05, 3.63) is 29.8 Å². The third-order valence-corrected chi connectivity index (χ3v) is 3.41. The zero-order valence-electron chi connectivity index (χ0n) is 13.0. The number of esters is 1. The van der Waals surface area contributed by atoms with E-state index in [4.69, 9.17) is 15.2 Å². The molecule has 1 saturated carbocycles. The lowest BCUT2D eigenvalue weighted by Gasteiger charge is -2.13. The van der Waals surface area contributed by atoms with Crippen molar-refractivity contribution in [3.8, 4) is 5.75 Å². The van der Waals surface area contributed by atoms with Crippen molar-refractivity contribution >= 4 is 12.1 Å². The summed E-state index contributed by atoms with van der Waals surface area (Å²) in [6.45, 7) is 0.478. The molecule has 0 bridgehead atoms. The molecule has 22 heavy (non-hydrogen) atoms. The number of hydrogen-bond acceptors (Lipinski definition) is 5. The van der Waals surface area contributed by atoms with E-state index in [-0.39, 0.29) is 5.97 Å². The first-order chi connectivity index (χ1) is 10.5. The zero-order chi connectivity index (χ0) is 16.1. The molecule has 2 N–H and O–H groups in total. The van der Waals surface area contributed by atoms with E-state index in [1.807, 2.05) is 0 Å². The van der Waals surface area contributed by atoms with Crippen molar-refractivity contribution in [1.82, 2.24) is 4.90 Å². The van der Waals surface area contributed by atoms with Gasteiger partial charge >= 0.3 is 12.1 Å². The van der Waals surface area contributed by atoms with Gasteiger partial charge in [-0.2, -0.15) is 0 Å². The molecule has 0 spiro atoms. The third kappa shape index (κ3) is 5.04. The fourth-order valence-corrected chi connectivity index (χ4v) is 1.81. The molecule has 1 amide bonds. The lowest BCUT2D eigenvalue weighted by atomic mass is 10.1. The summed E-state index contributed by atoms with van der Waals surface area (Å²) in [6.07, 6.45) is 2.23. The van der Waals surface area contributed by atoms with Crippen LogP contribution in [0.3, 0.4) is 0 Å². The lowest BCUT2D eigenvalue weighted by molar-refractivity contribution is -0.145. The lowest BCUT2D eigenvalue weighted by Crippen LogP contribution is -2.34. The Morgan fingerprint density at radius 3 is 2.45 bits per heavy atom. The quantitative estimate of drug-likeness (QED) is 0.807. The average Bonchev–Trinajstić information content (AvgIpc) is 3.30. The number of nitrogens with two attached hydrogens (primary N) is 1. The molecule has 0 radical (unpaired) electrons. The summed E-state index contributed by atoms with van der Waals surface area (Å²) in [5, 5.41) is 0. The molecule has 0 aromatic heterocycles. The predicted molar refractivity (Wildman–Crippen MR) is 81.5 cm³/mol. The van der Waals surface area contributed by atoms with Crippen LogP contribution < -0.4 is 10.5 Å². The van der Waals surface area contributed by atoms with Crippen molar-refractivity contribution in [1.29, 1.82) is 0 Å². The van der Waals surface area contributed by atoms with E-state index in [0.717, 1.165) is 18.4 Å². The monoisotopic (exact) mass is 306 g/mol. The maximum atomic E-state index is 11.7. The van der Waals surface area contributed by atoms with Crippen LogP contribution in [0.2, 0.25) is 0 Å². The second-order valence-corrected chi connectivity index (χ2v) is 5.79. The molecule has 0 saturated heterocycles. The van der Waals surface area contributed by atoms with Gasteiger partial charge < -0.3 is 20.1 Å². The molecular formula is C16H22N2O4. The Labute approximate surface area is 130 Å². The largest absolute Gasteiger partial charge is 0.464 e. The first-order valence-electron chi connectivity index (χ1n) is 7.36. The Morgan fingerprint density at radius 2 is 1.91 bits per heavy atom. The van der Waals surface area contributed by atoms with Crippen LogP contribution in [0.15, 0.2) is 24.3 Å². The number of ether oxygens (including phenoxy) is 2. The normalized spacial score (nSPS) is 15.0. The predicted octanol–water partition coefficient (Wildman–Crippen LogP) is 1.57. The van der Waals surface area contributed by atoms with Gasteiger partial charge in [0.25, 0.3) is 0 Å². The van der Waals surface area contributed by atoms with Crippen LogP contribution in [0.25, 0.3) is 0 Å². The van der Waals surface area contributed by atoms with Crippen molar-refractivity contribution in [2.24, 2.45) is 11.7 Å². The summed E-state index contributed by atoms with van der Waals surface area (Å²) in [5.41, 5.74) is 6.74. The Hall–Kier alpha value is -2.08. The highest BCUT2D eigenvalue weighted by molar-refractivity contribution is 5.76. The summed E-state index contributed by atoms with van der Waals surface area (Å²) >= 11 is 0. The van der Waals surface area contributed by atoms with Gasteiger partial charge in [0.1, 0.15) is 11.8 Å². The summed E-state index contributed by atoms with van der Waals surface area (Å²) in [7, 11) is 3.23. The summed E-state index contributed by atoms with van der Waals surface area (Å²) < 4.78 is 10.3.